The number of nitrogens with zero attached hydrogens (tertiary/aromatic N) is 1. The van der Waals surface area contributed by atoms with Crippen molar-refractivity contribution in [2.75, 3.05) is 18.5 Å². The molecule has 0 saturated heterocycles. The lowest BCUT2D eigenvalue weighted by Crippen LogP contribution is -2.24. The topological polar surface area (TPSA) is 20.3 Å². The molecule has 2 rings (SSSR count). The fourth-order valence-corrected chi connectivity index (χ4v) is 2.77. The molecule has 0 bridgehead atoms. The summed E-state index contributed by atoms with van der Waals surface area (Å²) < 4.78 is 1.11. The molecule has 0 saturated carbocycles. The summed E-state index contributed by atoms with van der Waals surface area (Å²) in [4.78, 5) is 13.5. The highest BCUT2D eigenvalue weighted by Crippen LogP contribution is 2.37. The van der Waals surface area contributed by atoms with Crippen LogP contribution in [-0.4, -0.2) is 19.4 Å². The predicted octanol–water partition coefficient (Wildman–Crippen LogP) is 3.22. The molecule has 0 aromatic heterocycles. The van der Waals surface area contributed by atoms with Crippen molar-refractivity contribution in [2.45, 2.75) is 13.3 Å². The van der Waals surface area contributed by atoms with E-state index >= 15 is 0 Å². The number of anilines is 1. The van der Waals surface area contributed by atoms with Crippen LogP contribution in [-0.2, 0) is 4.79 Å². The molecule has 1 aromatic carbocycles. The number of Topliss-reactive ketones (excluding diaryl/α,β-unsaturated/α-hetero) is 1. The van der Waals surface area contributed by atoms with E-state index < -0.39 is 0 Å². The van der Waals surface area contributed by atoms with Crippen molar-refractivity contribution in [3.05, 3.63) is 34.3 Å². The summed E-state index contributed by atoms with van der Waals surface area (Å²) in [6.45, 7) is 2.47. The molecule has 2 nitrogen and oxygen atoms in total. The Morgan fingerprint density at radius 3 is 2.81 bits per heavy atom. The Morgan fingerprint density at radius 1 is 1.44 bits per heavy atom. The second kappa shape index (κ2) is 4.42. The summed E-state index contributed by atoms with van der Waals surface area (Å²) in [5.41, 5.74) is 3.49. The van der Waals surface area contributed by atoms with Gasteiger partial charge in [-0.05, 0) is 18.6 Å². The number of rotatable bonds is 2. The van der Waals surface area contributed by atoms with Gasteiger partial charge in [-0.2, -0.15) is 0 Å². The normalized spacial score (nSPS) is 15.1. The van der Waals surface area contributed by atoms with Crippen LogP contribution < -0.4 is 4.90 Å². The first kappa shape index (κ1) is 11.4. The monoisotopic (exact) mass is 279 g/mol. The Balaban J connectivity index is 2.51. The van der Waals surface area contributed by atoms with Gasteiger partial charge in [-0.25, -0.2) is 0 Å². The number of ketones is 1. The lowest BCUT2D eigenvalue weighted by atomic mass is 9.95. The van der Waals surface area contributed by atoms with Crippen LogP contribution in [0.3, 0.4) is 0 Å². The van der Waals surface area contributed by atoms with Crippen LogP contribution in [0.2, 0.25) is 0 Å². The van der Waals surface area contributed by atoms with Gasteiger partial charge in [-0.15, -0.1) is 0 Å². The van der Waals surface area contributed by atoms with Gasteiger partial charge in [0.1, 0.15) is 5.78 Å². The number of benzene rings is 1. The van der Waals surface area contributed by atoms with E-state index in [-0.39, 0.29) is 5.78 Å². The van der Waals surface area contributed by atoms with Crippen LogP contribution in [0.1, 0.15) is 18.9 Å². The van der Waals surface area contributed by atoms with Crippen molar-refractivity contribution < 1.29 is 4.79 Å². The quantitative estimate of drug-likeness (QED) is 0.829. The molecular weight excluding hydrogens is 266 g/mol. The van der Waals surface area contributed by atoms with Gasteiger partial charge in [0.25, 0.3) is 0 Å². The van der Waals surface area contributed by atoms with E-state index in [0.717, 1.165) is 16.6 Å². The number of hydrogen-bond acceptors (Lipinski definition) is 2. The van der Waals surface area contributed by atoms with Gasteiger partial charge in [0.05, 0.1) is 0 Å². The van der Waals surface area contributed by atoms with E-state index in [9.17, 15) is 4.79 Å². The molecule has 3 heteroatoms. The van der Waals surface area contributed by atoms with Gasteiger partial charge in [-0.3, -0.25) is 4.79 Å². The van der Waals surface area contributed by atoms with Crippen LogP contribution in [0.5, 0.6) is 0 Å². The number of carbonyl (C=O) groups is 1. The van der Waals surface area contributed by atoms with Gasteiger partial charge in [-0.1, -0.05) is 34.1 Å². The van der Waals surface area contributed by atoms with Gasteiger partial charge in [0, 0.05) is 35.7 Å². The molecule has 0 unspecified atom stereocenters. The second-order valence-electron chi connectivity index (χ2n) is 4.14. The number of para-hydroxylation sites is 1. The molecule has 1 aliphatic heterocycles. The minimum Gasteiger partial charge on any atom is -0.369 e. The smallest absolute Gasteiger partial charge is 0.134 e. The molecule has 0 N–H and O–H groups in total. The number of carbonyl (C=O) groups excluding carboxylic acids is 1. The molecule has 0 radical (unpaired) electrons. The van der Waals surface area contributed by atoms with Crippen LogP contribution in [0, 0.1) is 0 Å². The highest BCUT2D eigenvalue weighted by molar-refractivity contribution is 9.11. The van der Waals surface area contributed by atoms with Gasteiger partial charge in [0.2, 0.25) is 0 Å². The van der Waals surface area contributed by atoms with Gasteiger partial charge < -0.3 is 4.90 Å². The van der Waals surface area contributed by atoms with E-state index in [1.165, 1.54) is 11.3 Å². The van der Waals surface area contributed by atoms with E-state index in [2.05, 4.69) is 40.0 Å². The molecule has 0 amide bonds. The van der Waals surface area contributed by atoms with Crippen molar-refractivity contribution in [1.82, 2.24) is 0 Å². The van der Waals surface area contributed by atoms with Crippen LogP contribution in [0.4, 0.5) is 5.69 Å². The Morgan fingerprint density at radius 2 is 2.12 bits per heavy atom. The van der Waals surface area contributed by atoms with E-state index in [4.69, 9.17) is 0 Å². The summed E-state index contributed by atoms with van der Waals surface area (Å²) in [7, 11) is 2.06. The largest absolute Gasteiger partial charge is 0.369 e. The molecule has 0 spiro atoms. The van der Waals surface area contributed by atoms with Crippen molar-refractivity contribution in [2.24, 2.45) is 0 Å². The van der Waals surface area contributed by atoms with Crippen LogP contribution in [0.15, 0.2) is 28.7 Å². The average Bonchev–Trinajstić information content (AvgIpc) is 2.24. The molecule has 1 aliphatic rings. The van der Waals surface area contributed by atoms with E-state index in [0.29, 0.717) is 6.42 Å². The number of likely N-dealkylation sites (N-methyl/N-ethyl adjacent to an activating group) is 1. The third-order valence-corrected chi connectivity index (χ3v) is 3.50. The second-order valence-corrected chi connectivity index (χ2v) is 5.09. The van der Waals surface area contributed by atoms with Crippen molar-refractivity contribution in [3.8, 4) is 0 Å². The lowest BCUT2D eigenvalue weighted by Gasteiger charge is -2.29. The van der Waals surface area contributed by atoms with Gasteiger partial charge >= 0.3 is 0 Å². The highest BCUT2D eigenvalue weighted by atomic mass is 79.9. The molecule has 16 heavy (non-hydrogen) atoms. The van der Waals surface area contributed by atoms with Crippen LogP contribution in [0.25, 0.3) is 5.57 Å². The number of allylic oxidation sites excluding steroid dienone is 1. The fraction of sp³-hybridized carbons (Fsp3) is 0.308. The van der Waals surface area contributed by atoms with Crippen molar-refractivity contribution >= 4 is 33.0 Å². The molecule has 84 valence electrons. The first-order chi connectivity index (χ1) is 7.59. The maximum atomic E-state index is 11.3. The minimum atomic E-state index is 0.200. The number of halogens is 1. The Bertz CT molecular complexity index is 465. The average molecular weight is 280 g/mol. The SMILES string of the molecule is CC(=O)CC1=C(Br)CN(C)c2ccccc21. The molecule has 1 heterocycles. The summed E-state index contributed by atoms with van der Waals surface area (Å²) in [6.07, 6.45) is 0.505. The summed E-state index contributed by atoms with van der Waals surface area (Å²) >= 11 is 3.58. The summed E-state index contributed by atoms with van der Waals surface area (Å²) in [5, 5.41) is 0. The van der Waals surface area contributed by atoms with E-state index in [1.54, 1.807) is 6.92 Å². The summed E-state index contributed by atoms with van der Waals surface area (Å²) in [6, 6.07) is 8.21. The first-order valence-electron chi connectivity index (χ1n) is 5.27. The van der Waals surface area contributed by atoms with Crippen LogP contribution >= 0.6 is 15.9 Å². The minimum absolute atomic E-state index is 0.200. The molecule has 0 atom stereocenters. The third kappa shape index (κ3) is 2.05. The zero-order valence-electron chi connectivity index (χ0n) is 9.46. The lowest BCUT2D eigenvalue weighted by molar-refractivity contribution is -0.116. The molecule has 0 aliphatic carbocycles. The zero-order chi connectivity index (χ0) is 11.7. The number of hydrogen-bond donors (Lipinski definition) is 0. The third-order valence-electron chi connectivity index (χ3n) is 2.77. The van der Waals surface area contributed by atoms with Gasteiger partial charge in [0.15, 0.2) is 0 Å². The van der Waals surface area contributed by atoms with E-state index in [1.807, 2.05) is 12.1 Å². The van der Waals surface area contributed by atoms with Crippen molar-refractivity contribution in [1.29, 1.82) is 0 Å². The Hall–Kier alpha value is -1.09. The number of fused-ring (bicyclic) bond motifs is 1. The summed E-state index contributed by atoms with van der Waals surface area (Å²) in [5.74, 6) is 0.200. The predicted molar refractivity (Wildman–Crippen MR) is 70.9 cm³/mol. The Kier molecular flexibility index (Phi) is 3.15. The maximum absolute atomic E-state index is 11.3. The fourth-order valence-electron chi connectivity index (χ4n) is 2.04. The first-order valence-corrected chi connectivity index (χ1v) is 6.06. The maximum Gasteiger partial charge on any atom is 0.134 e. The molecule has 0 fully saturated rings. The molecular formula is C13H14BrNO. The molecule has 1 aromatic rings. The van der Waals surface area contributed by atoms with Crippen molar-refractivity contribution in [3.63, 3.8) is 0 Å². The zero-order valence-corrected chi connectivity index (χ0v) is 11.0. The standard InChI is InChI=1S/C13H14BrNO/c1-9(16)7-11-10-5-3-4-6-13(10)15(2)8-12(11)14/h3-6H,7-8H2,1-2H3. The highest BCUT2D eigenvalue weighted by Gasteiger charge is 2.21. The Labute approximate surface area is 104 Å².